The third-order valence-corrected chi connectivity index (χ3v) is 8.59. The van der Waals surface area contributed by atoms with E-state index in [1.165, 1.54) is 23.1 Å². The van der Waals surface area contributed by atoms with Crippen molar-refractivity contribution in [2.75, 3.05) is 64.1 Å². The fraction of sp³-hybridized carbons (Fsp3) is 0.667. The van der Waals surface area contributed by atoms with Gasteiger partial charge in [-0.25, -0.2) is 8.42 Å². The standard InChI is InChI=1S/C21H34N4O3S/c1-17-6-5-7-19(18(17)2)24-10-12-25(13-11-24)20(22-3)23-16-21(29(4,26)27)8-14-28-15-9-21/h5-7H,8-16H2,1-4H3,(H,22,23). The molecule has 0 amide bonds. The second-order valence-corrected chi connectivity index (χ2v) is 10.6. The van der Waals surface area contributed by atoms with E-state index in [4.69, 9.17) is 4.74 Å². The summed E-state index contributed by atoms with van der Waals surface area (Å²) in [6.07, 6.45) is 2.39. The molecule has 1 N–H and O–H groups in total. The highest BCUT2D eigenvalue weighted by Crippen LogP contribution is 2.29. The Bertz CT molecular complexity index is 839. The van der Waals surface area contributed by atoms with Crippen LogP contribution in [0.25, 0.3) is 0 Å². The molecule has 2 fully saturated rings. The Morgan fingerprint density at radius 1 is 1.17 bits per heavy atom. The van der Waals surface area contributed by atoms with E-state index in [0.717, 1.165) is 32.1 Å². The maximum absolute atomic E-state index is 12.5. The number of aryl methyl sites for hydroxylation is 1. The topological polar surface area (TPSA) is 74.2 Å². The molecule has 2 aliphatic heterocycles. The van der Waals surface area contributed by atoms with E-state index in [2.05, 4.69) is 52.2 Å². The molecule has 3 rings (SSSR count). The van der Waals surface area contributed by atoms with Crippen LogP contribution in [0.15, 0.2) is 23.2 Å². The number of sulfone groups is 1. The summed E-state index contributed by atoms with van der Waals surface area (Å²) in [6.45, 7) is 9.20. The van der Waals surface area contributed by atoms with Gasteiger partial charge in [-0.2, -0.15) is 0 Å². The number of aliphatic imine (C=N–C) groups is 1. The van der Waals surface area contributed by atoms with Crippen LogP contribution in [0.4, 0.5) is 5.69 Å². The average Bonchev–Trinajstić information content (AvgIpc) is 2.71. The van der Waals surface area contributed by atoms with E-state index in [1.807, 2.05) is 0 Å². The van der Waals surface area contributed by atoms with E-state index in [0.29, 0.717) is 32.6 Å². The molecule has 2 heterocycles. The Morgan fingerprint density at radius 2 is 1.83 bits per heavy atom. The SMILES string of the molecule is CN=C(NCC1(S(C)(=O)=O)CCOCC1)N1CCN(c2cccc(C)c2C)CC1. The summed E-state index contributed by atoms with van der Waals surface area (Å²) in [5.74, 6) is 0.778. The lowest BCUT2D eigenvalue weighted by Crippen LogP contribution is -2.57. The monoisotopic (exact) mass is 422 g/mol. The second kappa shape index (κ2) is 8.92. The lowest BCUT2D eigenvalue weighted by molar-refractivity contribution is 0.0754. The molecular weight excluding hydrogens is 388 g/mol. The van der Waals surface area contributed by atoms with Gasteiger partial charge in [0.05, 0.1) is 4.75 Å². The van der Waals surface area contributed by atoms with Gasteiger partial charge in [0.2, 0.25) is 0 Å². The van der Waals surface area contributed by atoms with Gasteiger partial charge in [-0.1, -0.05) is 12.1 Å². The number of rotatable bonds is 4. The van der Waals surface area contributed by atoms with Gasteiger partial charge in [-0.3, -0.25) is 4.99 Å². The van der Waals surface area contributed by atoms with Crippen LogP contribution >= 0.6 is 0 Å². The number of hydrogen-bond donors (Lipinski definition) is 1. The first-order valence-electron chi connectivity index (χ1n) is 10.3. The third kappa shape index (κ3) is 4.69. The van der Waals surface area contributed by atoms with E-state index in [9.17, 15) is 8.42 Å². The zero-order valence-electron chi connectivity index (χ0n) is 18.1. The van der Waals surface area contributed by atoms with Crippen LogP contribution in [0, 0.1) is 13.8 Å². The molecule has 1 aromatic carbocycles. The molecule has 1 aromatic rings. The second-order valence-electron chi connectivity index (χ2n) is 8.16. The van der Waals surface area contributed by atoms with E-state index in [1.54, 1.807) is 7.05 Å². The molecule has 0 aliphatic carbocycles. The minimum Gasteiger partial charge on any atom is -0.381 e. The molecule has 0 unspecified atom stereocenters. The number of nitrogens with zero attached hydrogens (tertiary/aromatic N) is 3. The number of guanidine groups is 1. The van der Waals surface area contributed by atoms with Crippen molar-refractivity contribution < 1.29 is 13.2 Å². The third-order valence-electron chi connectivity index (χ3n) is 6.47. The van der Waals surface area contributed by atoms with Crippen LogP contribution < -0.4 is 10.2 Å². The normalized spacial score (nSPS) is 20.6. The quantitative estimate of drug-likeness (QED) is 0.587. The van der Waals surface area contributed by atoms with Crippen LogP contribution in [-0.2, 0) is 14.6 Å². The predicted molar refractivity (Wildman–Crippen MR) is 119 cm³/mol. The largest absolute Gasteiger partial charge is 0.381 e. The highest BCUT2D eigenvalue weighted by atomic mass is 32.2. The van der Waals surface area contributed by atoms with Gasteiger partial charge in [-0.05, 0) is 43.9 Å². The lowest BCUT2D eigenvalue weighted by atomic mass is 9.99. The van der Waals surface area contributed by atoms with Gasteiger partial charge >= 0.3 is 0 Å². The van der Waals surface area contributed by atoms with Crippen molar-refractivity contribution in [3.8, 4) is 0 Å². The van der Waals surface area contributed by atoms with Gasteiger partial charge in [-0.15, -0.1) is 0 Å². The first kappa shape index (κ1) is 21.9. The van der Waals surface area contributed by atoms with Crippen molar-refractivity contribution in [1.82, 2.24) is 10.2 Å². The summed E-state index contributed by atoms with van der Waals surface area (Å²) in [7, 11) is -1.44. The molecule has 29 heavy (non-hydrogen) atoms. The summed E-state index contributed by atoms with van der Waals surface area (Å²) >= 11 is 0. The molecule has 162 valence electrons. The van der Waals surface area contributed by atoms with Crippen LogP contribution in [0.1, 0.15) is 24.0 Å². The molecular formula is C21H34N4O3S. The van der Waals surface area contributed by atoms with Gasteiger partial charge in [0.1, 0.15) is 0 Å². The summed E-state index contributed by atoms with van der Waals surface area (Å²) in [4.78, 5) is 9.06. The lowest BCUT2D eigenvalue weighted by Gasteiger charge is -2.40. The molecule has 0 spiro atoms. The Balaban J connectivity index is 1.63. The van der Waals surface area contributed by atoms with Gasteiger partial charge < -0.3 is 19.9 Å². The van der Waals surface area contributed by atoms with Crippen molar-refractivity contribution in [2.45, 2.75) is 31.4 Å². The first-order chi connectivity index (χ1) is 13.8. The number of benzene rings is 1. The molecule has 0 radical (unpaired) electrons. The predicted octanol–water partition coefficient (Wildman–Crippen LogP) is 1.59. The van der Waals surface area contributed by atoms with Crippen LogP contribution in [-0.4, -0.2) is 83.3 Å². The van der Waals surface area contributed by atoms with Gasteiger partial charge in [0, 0.05) is 64.9 Å². The number of nitrogens with one attached hydrogen (secondary N) is 1. The summed E-state index contributed by atoms with van der Waals surface area (Å²) in [6, 6.07) is 6.45. The number of piperazine rings is 1. The fourth-order valence-corrected chi connectivity index (χ4v) is 5.47. The molecule has 2 saturated heterocycles. The Kier molecular flexibility index (Phi) is 6.73. The van der Waals surface area contributed by atoms with Gasteiger partial charge in [0.15, 0.2) is 15.8 Å². The molecule has 8 heteroatoms. The molecule has 2 aliphatic rings. The number of anilines is 1. The fourth-order valence-electron chi connectivity index (χ4n) is 4.23. The van der Waals surface area contributed by atoms with Crippen LogP contribution in [0.5, 0.6) is 0 Å². The van der Waals surface area contributed by atoms with Crippen molar-refractivity contribution in [2.24, 2.45) is 4.99 Å². The van der Waals surface area contributed by atoms with Crippen molar-refractivity contribution in [3.63, 3.8) is 0 Å². The first-order valence-corrected chi connectivity index (χ1v) is 12.2. The summed E-state index contributed by atoms with van der Waals surface area (Å²) in [5.41, 5.74) is 3.94. The van der Waals surface area contributed by atoms with E-state index >= 15 is 0 Å². The molecule has 7 nitrogen and oxygen atoms in total. The number of ether oxygens (including phenoxy) is 1. The molecule has 0 bridgehead atoms. The van der Waals surface area contributed by atoms with E-state index in [-0.39, 0.29) is 0 Å². The van der Waals surface area contributed by atoms with Crippen LogP contribution in [0.2, 0.25) is 0 Å². The zero-order chi connectivity index (χ0) is 21.1. The Labute approximate surface area is 175 Å². The maximum atomic E-state index is 12.5. The van der Waals surface area contributed by atoms with Crippen molar-refractivity contribution in [3.05, 3.63) is 29.3 Å². The zero-order valence-corrected chi connectivity index (χ0v) is 18.9. The van der Waals surface area contributed by atoms with E-state index < -0.39 is 14.6 Å². The smallest absolute Gasteiger partial charge is 0.193 e. The minimum absolute atomic E-state index is 0.374. The number of hydrogen-bond acceptors (Lipinski definition) is 5. The molecule has 0 saturated carbocycles. The minimum atomic E-state index is -3.20. The summed E-state index contributed by atoms with van der Waals surface area (Å²) in [5, 5.41) is 3.35. The maximum Gasteiger partial charge on any atom is 0.193 e. The molecule has 0 atom stereocenters. The highest BCUT2D eigenvalue weighted by Gasteiger charge is 2.42. The summed E-state index contributed by atoms with van der Waals surface area (Å²) < 4.78 is 29.6. The van der Waals surface area contributed by atoms with Crippen molar-refractivity contribution >= 4 is 21.5 Å². The van der Waals surface area contributed by atoms with Crippen LogP contribution in [0.3, 0.4) is 0 Å². The Morgan fingerprint density at radius 3 is 2.41 bits per heavy atom. The highest BCUT2D eigenvalue weighted by molar-refractivity contribution is 7.92. The Hall–Kier alpha value is -1.80. The average molecular weight is 423 g/mol. The van der Waals surface area contributed by atoms with Gasteiger partial charge in [0.25, 0.3) is 0 Å². The molecule has 0 aromatic heterocycles. The van der Waals surface area contributed by atoms with Crippen molar-refractivity contribution in [1.29, 1.82) is 0 Å².